The van der Waals surface area contributed by atoms with Gasteiger partial charge in [0, 0.05) is 0 Å². The summed E-state index contributed by atoms with van der Waals surface area (Å²) in [5, 5.41) is 6.15. The Hall–Kier alpha value is 0.820. The Kier molecular flexibility index (Phi) is 8.31. The number of hydrogen-bond acceptors (Lipinski definition) is 1. The Morgan fingerprint density at radius 1 is 0.519 bits per heavy atom. The zero-order valence-corrected chi connectivity index (χ0v) is 21.7. The molecular formula is C24H49NP2. The molecule has 1 N–H and O–H groups in total. The van der Waals surface area contributed by atoms with E-state index in [4.69, 9.17) is 0 Å². The van der Waals surface area contributed by atoms with Gasteiger partial charge in [0.05, 0.1) is 0 Å². The topological polar surface area (TPSA) is 12.0 Å². The van der Waals surface area contributed by atoms with Crippen molar-refractivity contribution in [1.29, 1.82) is 0 Å². The summed E-state index contributed by atoms with van der Waals surface area (Å²) in [6, 6.07) is 0. The van der Waals surface area contributed by atoms with Crippen LogP contribution in [0.2, 0.25) is 0 Å². The van der Waals surface area contributed by atoms with Crippen LogP contribution in [0.25, 0.3) is 0 Å². The van der Waals surface area contributed by atoms with Gasteiger partial charge in [-0.3, -0.25) is 0 Å². The smallest absolute Gasteiger partial charge is 0.000898 e. The lowest BCUT2D eigenvalue weighted by atomic mass is 10.0. The van der Waals surface area contributed by atoms with Crippen LogP contribution in [0.1, 0.15) is 107 Å². The Bertz CT molecular complexity index is 389. The van der Waals surface area contributed by atoms with Gasteiger partial charge in [0.2, 0.25) is 0 Å². The third-order valence-electron chi connectivity index (χ3n) is 7.60. The van der Waals surface area contributed by atoms with Crippen molar-refractivity contribution in [1.82, 2.24) is 5.32 Å². The monoisotopic (exact) mass is 413 g/mol. The lowest BCUT2D eigenvalue weighted by Gasteiger charge is -2.44. The quantitative estimate of drug-likeness (QED) is 0.346. The molecule has 0 aliphatic carbocycles. The largest absolute Gasteiger partial charge is 0.316 e. The minimum atomic E-state index is 0.0846. The molecule has 0 amide bonds. The molecule has 2 aliphatic heterocycles. The van der Waals surface area contributed by atoms with Crippen LogP contribution >= 0.6 is 15.8 Å². The van der Waals surface area contributed by atoms with Gasteiger partial charge in [-0.15, -0.1) is 0 Å². The lowest BCUT2D eigenvalue weighted by Crippen LogP contribution is -2.34. The molecule has 0 aromatic heterocycles. The SMILES string of the molecule is CC1(C)CCCCC(C)(C)P1CCNCCP1C(C)(C)CCCCC1(C)C. The summed E-state index contributed by atoms with van der Waals surface area (Å²) < 4.78 is 0. The van der Waals surface area contributed by atoms with Crippen LogP contribution in [0.3, 0.4) is 0 Å². The van der Waals surface area contributed by atoms with E-state index in [0.29, 0.717) is 20.6 Å². The Morgan fingerprint density at radius 3 is 1.04 bits per heavy atom. The second-order valence-corrected chi connectivity index (χ2v) is 19.2. The molecule has 2 rings (SSSR count). The predicted octanol–water partition coefficient (Wildman–Crippen LogP) is 7.80. The van der Waals surface area contributed by atoms with E-state index in [1.54, 1.807) is 0 Å². The van der Waals surface area contributed by atoms with Crippen LogP contribution in [0.5, 0.6) is 0 Å². The Morgan fingerprint density at radius 2 is 0.778 bits per heavy atom. The third-order valence-corrected chi connectivity index (χ3v) is 15.7. The van der Waals surface area contributed by atoms with Gasteiger partial charge in [-0.25, -0.2) is 0 Å². The number of rotatable bonds is 6. The summed E-state index contributed by atoms with van der Waals surface area (Å²) in [5.41, 5.74) is 0. The van der Waals surface area contributed by atoms with Crippen LogP contribution in [0.4, 0.5) is 0 Å². The van der Waals surface area contributed by atoms with Crippen molar-refractivity contribution in [3.63, 3.8) is 0 Å². The van der Waals surface area contributed by atoms with Gasteiger partial charge < -0.3 is 5.32 Å². The van der Waals surface area contributed by atoms with E-state index in [9.17, 15) is 0 Å². The van der Waals surface area contributed by atoms with E-state index in [1.165, 1.54) is 76.8 Å². The summed E-state index contributed by atoms with van der Waals surface area (Å²) in [5.74, 6) is 0. The molecule has 3 heteroatoms. The van der Waals surface area contributed by atoms with Gasteiger partial charge in [0.1, 0.15) is 0 Å². The molecule has 0 atom stereocenters. The molecule has 2 heterocycles. The van der Waals surface area contributed by atoms with Crippen molar-refractivity contribution in [3.05, 3.63) is 0 Å². The molecule has 0 radical (unpaired) electrons. The second kappa shape index (κ2) is 9.31. The van der Waals surface area contributed by atoms with Crippen LogP contribution < -0.4 is 5.32 Å². The second-order valence-electron chi connectivity index (χ2n) is 11.7. The molecular weight excluding hydrogens is 364 g/mol. The zero-order chi connectivity index (χ0) is 20.3. The fourth-order valence-electron chi connectivity index (χ4n) is 6.13. The maximum Gasteiger partial charge on any atom is -0.000898 e. The molecule has 0 spiro atoms. The maximum atomic E-state index is 3.90. The Labute approximate surface area is 174 Å². The summed E-state index contributed by atoms with van der Waals surface area (Å²) >= 11 is 0. The zero-order valence-electron chi connectivity index (χ0n) is 19.9. The van der Waals surface area contributed by atoms with Crippen molar-refractivity contribution in [2.75, 3.05) is 25.4 Å². The molecule has 2 aliphatic rings. The summed E-state index contributed by atoms with van der Waals surface area (Å²) in [6.07, 6.45) is 14.4. The Balaban J connectivity index is 1.86. The molecule has 2 saturated heterocycles. The van der Waals surface area contributed by atoms with Crippen molar-refractivity contribution in [2.24, 2.45) is 0 Å². The minimum Gasteiger partial charge on any atom is -0.316 e. The first kappa shape index (κ1) is 24.1. The van der Waals surface area contributed by atoms with E-state index < -0.39 is 0 Å². The lowest BCUT2D eigenvalue weighted by molar-refractivity contribution is 0.563. The normalized spacial score (nSPS) is 28.4. The van der Waals surface area contributed by atoms with Crippen LogP contribution in [-0.2, 0) is 0 Å². The predicted molar refractivity (Wildman–Crippen MR) is 130 cm³/mol. The molecule has 1 nitrogen and oxygen atoms in total. The van der Waals surface area contributed by atoms with Gasteiger partial charge in [-0.1, -0.05) is 96.9 Å². The number of hydrogen-bond donors (Lipinski definition) is 1. The molecule has 0 aromatic rings. The van der Waals surface area contributed by atoms with E-state index >= 15 is 0 Å². The average molecular weight is 414 g/mol. The first-order chi connectivity index (χ1) is 12.4. The summed E-state index contributed by atoms with van der Waals surface area (Å²) in [7, 11) is 0.169. The highest BCUT2D eigenvalue weighted by Gasteiger charge is 2.42. The highest BCUT2D eigenvalue weighted by Crippen LogP contribution is 2.65. The fraction of sp³-hybridized carbons (Fsp3) is 1.00. The standard InChI is InChI=1S/C24H49NP2/c1-21(2)13-9-10-14-22(3,4)26(21)19-17-25-18-20-27-23(5,6)15-11-12-16-24(27,7)8/h25H,9-20H2,1-8H3. The van der Waals surface area contributed by atoms with Crippen LogP contribution in [0, 0.1) is 0 Å². The van der Waals surface area contributed by atoms with E-state index in [1.807, 2.05) is 0 Å². The van der Waals surface area contributed by atoms with Gasteiger partial charge in [-0.2, -0.15) is 0 Å². The number of nitrogens with one attached hydrogen (secondary N) is 1. The summed E-state index contributed by atoms with van der Waals surface area (Å²) in [4.78, 5) is 0. The van der Waals surface area contributed by atoms with Gasteiger partial charge in [0.25, 0.3) is 0 Å². The third kappa shape index (κ3) is 6.40. The summed E-state index contributed by atoms with van der Waals surface area (Å²) in [6.45, 7) is 23.0. The van der Waals surface area contributed by atoms with Gasteiger partial charge in [-0.05, 0) is 71.7 Å². The van der Waals surface area contributed by atoms with E-state index in [-0.39, 0.29) is 15.8 Å². The van der Waals surface area contributed by atoms with Gasteiger partial charge >= 0.3 is 0 Å². The van der Waals surface area contributed by atoms with Crippen LogP contribution in [-0.4, -0.2) is 46.0 Å². The molecule has 160 valence electrons. The van der Waals surface area contributed by atoms with Crippen molar-refractivity contribution in [3.8, 4) is 0 Å². The molecule has 2 fully saturated rings. The molecule has 0 unspecified atom stereocenters. The molecule has 0 bridgehead atoms. The van der Waals surface area contributed by atoms with Crippen molar-refractivity contribution < 1.29 is 0 Å². The molecule has 0 aromatic carbocycles. The fourth-order valence-corrected chi connectivity index (χ4v) is 14.3. The van der Waals surface area contributed by atoms with E-state index in [2.05, 4.69) is 60.7 Å². The highest BCUT2D eigenvalue weighted by molar-refractivity contribution is 7.61. The minimum absolute atomic E-state index is 0.0846. The van der Waals surface area contributed by atoms with Gasteiger partial charge in [0.15, 0.2) is 0 Å². The molecule has 27 heavy (non-hydrogen) atoms. The van der Waals surface area contributed by atoms with Crippen molar-refractivity contribution >= 4 is 15.8 Å². The van der Waals surface area contributed by atoms with E-state index in [0.717, 1.165) is 0 Å². The first-order valence-electron chi connectivity index (χ1n) is 11.6. The van der Waals surface area contributed by atoms with Crippen LogP contribution in [0.15, 0.2) is 0 Å². The first-order valence-corrected chi connectivity index (χ1v) is 14.7. The average Bonchev–Trinajstić information content (AvgIpc) is 2.70. The highest BCUT2D eigenvalue weighted by atomic mass is 31.1. The molecule has 0 saturated carbocycles. The maximum absolute atomic E-state index is 3.90. The van der Waals surface area contributed by atoms with Crippen molar-refractivity contribution in [2.45, 2.75) is 127 Å².